The predicted molar refractivity (Wildman–Crippen MR) is 65.9 cm³/mol. The molecule has 0 aromatic rings. The zero-order chi connectivity index (χ0) is 12.6. The van der Waals surface area contributed by atoms with Crippen LogP contribution in [-0.4, -0.2) is 30.2 Å². The second-order valence-corrected chi connectivity index (χ2v) is 4.77. The summed E-state index contributed by atoms with van der Waals surface area (Å²) in [6.07, 6.45) is 1.89. The van der Waals surface area contributed by atoms with Crippen LogP contribution in [0.3, 0.4) is 0 Å². The maximum absolute atomic E-state index is 11.4. The summed E-state index contributed by atoms with van der Waals surface area (Å²) >= 11 is 0. The molecule has 0 aliphatic rings. The zero-order valence-electron chi connectivity index (χ0n) is 10.7. The molecule has 0 aromatic heterocycles. The highest BCUT2D eigenvalue weighted by Crippen LogP contribution is 2.20. The Morgan fingerprint density at radius 1 is 1.31 bits per heavy atom. The van der Waals surface area contributed by atoms with Gasteiger partial charge in [0.1, 0.15) is 0 Å². The van der Waals surface area contributed by atoms with Crippen LogP contribution in [-0.2, 0) is 4.79 Å². The lowest BCUT2D eigenvalue weighted by Crippen LogP contribution is -2.31. The van der Waals surface area contributed by atoms with E-state index in [1.54, 1.807) is 6.92 Å². The molecule has 16 heavy (non-hydrogen) atoms. The number of rotatable bonds is 8. The molecule has 0 rings (SSSR count). The molecule has 0 saturated heterocycles. The molecule has 0 spiro atoms. The molecule has 0 radical (unpaired) electrons. The van der Waals surface area contributed by atoms with Gasteiger partial charge in [-0.25, -0.2) is 0 Å². The van der Waals surface area contributed by atoms with E-state index in [1.807, 2.05) is 0 Å². The number of nitrogens with two attached hydrogens (primary N) is 1. The van der Waals surface area contributed by atoms with E-state index in [2.05, 4.69) is 19.2 Å². The summed E-state index contributed by atoms with van der Waals surface area (Å²) in [6.45, 7) is 6.99. The topological polar surface area (TPSA) is 75.3 Å². The summed E-state index contributed by atoms with van der Waals surface area (Å²) in [7, 11) is 0. The highest BCUT2D eigenvalue weighted by molar-refractivity contribution is 5.75. The van der Waals surface area contributed by atoms with Crippen molar-refractivity contribution in [3.63, 3.8) is 0 Å². The van der Waals surface area contributed by atoms with E-state index in [0.29, 0.717) is 31.3 Å². The molecule has 2 unspecified atom stereocenters. The Balaban J connectivity index is 3.78. The van der Waals surface area contributed by atoms with Gasteiger partial charge in [0, 0.05) is 13.0 Å². The largest absolute Gasteiger partial charge is 0.392 e. The lowest BCUT2D eigenvalue weighted by Gasteiger charge is -2.19. The first kappa shape index (κ1) is 15.4. The van der Waals surface area contributed by atoms with Gasteiger partial charge in [-0.05, 0) is 38.1 Å². The van der Waals surface area contributed by atoms with Crippen LogP contribution in [0.1, 0.15) is 40.0 Å². The Hall–Kier alpha value is -0.610. The van der Waals surface area contributed by atoms with E-state index >= 15 is 0 Å². The minimum absolute atomic E-state index is 0.0172. The molecule has 0 aliphatic carbocycles. The number of carbonyl (C=O) groups excluding carboxylic acids is 1. The third-order valence-electron chi connectivity index (χ3n) is 2.82. The Morgan fingerprint density at radius 3 is 2.38 bits per heavy atom. The second-order valence-electron chi connectivity index (χ2n) is 4.77. The van der Waals surface area contributed by atoms with E-state index in [0.717, 1.165) is 12.8 Å². The van der Waals surface area contributed by atoms with Crippen LogP contribution < -0.4 is 11.1 Å². The number of nitrogens with one attached hydrogen (secondary N) is 1. The van der Waals surface area contributed by atoms with Gasteiger partial charge in [0.25, 0.3) is 0 Å². The first-order valence-corrected chi connectivity index (χ1v) is 6.12. The quantitative estimate of drug-likeness (QED) is 0.579. The van der Waals surface area contributed by atoms with Crippen molar-refractivity contribution in [3.8, 4) is 0 Å². The summed E-state index contributed by atoms with van der Waals surface area (Å²) < 4.78 is 0. The molecule has 2 atom stereocenters. The number of aliphatic hydroxyl groups excluding tert-OH is 1. The molecule has 0 aromatic carbocycles. The van der Waals surface area contributed by atoms with E-state index in [-0.39, 0.29) is 5.91 Å². The van der Waals surface area contributed by atoms with Gasteiger partial charge >= 0.3 is 0 Å². The molecule has 0 heterocycles. The molecule has 4 N–H and O–H groups in total. The van der Waals surface area contributed by atoms with E-state index < -0.39 is 6.10 Å². The van der Waals surface area contributed by atoms with Crippen molar-refractivity contribution in [1.82, 2.24) is 5.32 Å². The van der Waals surface area contributed by atoms with E-state index in [1.165, 1.54) is 0 Å². The average molecular weight is 230 g/mol. The third kappa shape index (κ3) is 7.65. The molecule has 0 saturated carbocycles. The lowest BCUT2D eigenvalue weighted by atomic mass is 9.88. The number of aliphatic hydroxyl groups is 1. The highest BCUT2D eigenvalue weighted by Gasteiger charge is 2.14. The molecule has 4 nitrogen and oxygen atoms in total. The molecule has 1 amide bonds. The van der Waals surface area contributed by atoms with Gasteiger partial charge in [0.05, 0.1) is 6.10 Å². The van der Waals surface area contributed by atoms with Gasteiger partial charge in [-0.1, -0.05) is 13.8 Å². The van der Waals surface area contributed by atoms with Gasteiger partial charge < -0.3 is 16.2 Å². The normalized spacial score (nSPS) is 14.9. The zero-order valence-corrected chi connectivity index (χ0v) is 10.7. The molecule has 4 heteroatoms. The van der Waals surface area contributed by atoms with Gasteiger partial charge in [0.15, 0.2) is 0 Å². The SMILES string of the molecule is CC(O)CNC(=O)CCC(CCN)C(C)C. The van der Waals surface area contributed by atoms with Gasteiger partial charge in [-0.2, -0.15) is 0 Å². The molecule has 0 aliphatic heterocycles. The third-order valence-corrected chi connectivity index (χ3v) is 2.82. The number of carbonyl (C=O) groups is 1. The van der Waals surface area contributed by atoms with Gasteiger partial charge in [-0.15, -0.1) is 0 Å². The number of hydrogen-bond acceptors (Lipinski definition) is 3. The maximum atomic E-state index is 11.4. The van der Waals surface area contributed by atoms with Crippen molar-refractivity contribution >= 4 is 5.91 Å². The van der Waals surface area contributed by atoms with Crippen molar-refractivity contribution in [3.05, 3.63) is 0 Å². The number of hydrogen-bond donors (Lipinski definition) is 3. The number of amides is 1. The van der Waals surface area contributed by atoms with Crippen LogP contribution in [0.2, 0.25) is 0 Å². The molecular weight excluding hydrogens is 204 g/mol. The van der Waals surface area contributed by atoms with Crippen LogP contribution in [0.15, 0.2) is 0 Å². The minimum atomic E-state index is -0.478. The van der Waals surface area contributed by atoms with Gasteiger partial charge in [0.2, 0.25) is 5.91 Å². The smallest absolute Gasteiger partial charge is 0.220 e. The summed E-state index contributed by atoms with van der Waals surface area (Å²) in [4.78, 5) is 11.4. The fraction of sp³-hybridized carbons (Fsp3) is 0.917. The summed E-state index contributed by atoms with van der Waals surface area (Å²) in [5.41, 5.74) is 5.54. The molecular formula is C12H26N2O2. The van der Waals surface area contributed by atoms with Crippen LogP contribution >= 0.6 is 0 Å². The Bertz CT molecular complexity index is 193. The van der Waals surface area contributed by atoms with Crippen LogP contribution in [0.4, 0.5) is 0 Å². The summed E-state index contributed by atoms with van der Waals surface area (Å²) in [5, 5.41) is 11.7. The maximum Gasteiger partial charge on any atom is 0.220 e. The molecule has 0 bridgehead atoms. The van der Waals surface area contributed by atoms with Crippen molar-refractivity contribution in [2.45, 2.75) is 46.1 Å². The fourth-order valence-electron chi connectivity index (χ4n) is 1.69. The minimum Gasteiger partial charge on any atom is -0.392 e. The molecule has 96 valence electrons. The van der Waals surface area contributed by atoms with Crippen LogP contribution in [0, 0.1) is 11.8 Å². The monoisotopic (exact) mass is 230 g/mol. The Kier molecular flexibility index (Phi) is 8.21. The van der Waals surface area contributed by atoms with Crippen LogP contribution in [0.5, 0.6) is 0 Å². The second kappa shape index (κ2) is 8.53. The summed E-state index contributed by atoms with van der Waals surface area (Å²) in [5.74, 6) is 1.10. The first-order chi connectivity index (χ1) is 7.47. The highest BCUT2D eigenvalue weighted by atomic mass is 16.3. The Labute approximate surface area is 98.6 Å². The summed E-state index contributed by atoms with van der Waals surface area (Å²) in [6, 6.07) is 0. The average Bonchev–Trinajstić information content (AvgIpc) is 2.20. The van der Waals surface area contributed by atoms with Crippen molar-refractivity contribution in [2.75, 3.05) is 13.1 Å². The van der Waals surface area contributed by atoms with Crippen molar-refractivity contribution in [1.29, 1.82) is 0 Å². The van der Waals surface area contributed by atoms with E-state index in [4.69, 9.17) is 10.8 Å². The van der Waals surface area contributed by atoms with Crippen molar-refractivity contribution in [2.24, 2.45) is 17.6 Å². The standard InChI is InChI=1S/C12H26N2O2/c1-9(2)11(6-7-13)4-5-12(16)14-8-10(3)15/h9-11,15H,4-8,13H2,1-3H3,(H,14,16). The lowest BCUT2D eigenvalue weighted by molar-refractivity contribution is -0.121. The fourth-order valence-corrected chi connectivity index (χ4v) is 1.69. The van der Waals surface area contributed by atoms with Crippen LogP contribution in [0.25, 0.3) is 0 Å². The van der Waals surface area contributed by atoms with Gasteiger partial charge in [-0.3, -0.25) is 4.79 Å². The first-order valence-electron chi connectivity index (χ1n) is 6.12. The molecule has 0 fully saturated rings. The van der Waals surface area contributed by atoms with E-state index in [9.17, 15) is 4.79 Å². The Morgan fingerprint density at radius 2 is 1.94 bits per heavy atom. The predicted octanol–water partition coefficient (Wildman–Crippen LogP) is 0.885. The van der Waals surface area contributed by atoms with Crippen molar-refractivity contribution < 1.29 is 9.90 Å².